The van der Waals surface area contributed by atoms with E-state index in [1.807, 2.05) is 36.7 Å². The van der Waals surface area contributed by atoms with Crippen LogP contribution < -0.4 is 5.32 Å². The lowest BCUT2D eigenvalue weighted by Gasteiger charge is -2.30. The summed E-state index contributed by atoms with van der Waals surface area (Å²) in [7, 11) is 0. The van der Waals surface area contributed by atoms with Gasteiger partial charge in [-0.2, -0.15) is 0 Å². The van der Waals surface area contributed by atoms with Crippen molar-refractivity contribution in [3.05, 3.63) is 28.6 Å². The molecule has 2 N–H and O–H groups in total. The quantitative estimate of drug-likeness (QED) is 0.823. The van der Waals surface area contributed by atoms with E-state index in [1.165, 1.54) is 0 Å². The van der Waals surface area contributed by atoms with Gasteiger partial charge < -0.3 is 10.4 Å². The molecule has 2 aromatic rings. The normalized spacial score (nSPS) is 11.6. The van der Waals surface area contributed by atoms with Crippen LogP contribution in [0.2, 0.25) is 0 Å². The first-order valence-electron chi connectivity index (χ1n) is 7.02. The van der Waals surface area contributed by atoms with Gasteiger partial charge in [0, 0.05) is 5.38 Å². The molecule has 0 aliphatic carbocycles. The Labute approximate surface area is 132 Å². The second kappa shape index (κ2) is 7.15. The van der Waals surface area contributed by atoms with Crippen molar-refractivity contribution < 1.29 is 9.90 Å². The van der Waals surface area contributed by atoms with Crippen molar-refractivity contribution in [1.29, 1.82) is 0 Å². The van der Waals surface area contributed by atoms with Crippen LogP contribution in [0.15, 0.2) is 22.9 Å². The minimum atomic E-state index is -0.510. The van der Waals surface area contributed by atoms with E-state index in [2.05, 4.69) is 10.3 Å². The fraction of sp³-hybridized carbons (Fsp3) is 0.467. The molecule has 2 rings (SSSR count). The fourth-order valence-corrected chi connectivity index (χ4v) is 3.73. The Morgan fingerprint density at radius 3 is 2.71 bits per heavy atom. The zero-order chi connectivity index (χ0) is 15.3. The van der Waals surface area contributed by atoms with Crippen LogP contribution in [0.5, 0.6) is 0 Å². The molecule has 0 aromatic carbocycles. The molecule has 0 aliphatic rings. The number of aliphatic hydroxyl groups excluding tert-OH is 1. The van der Waals surface area contributed by atoms with E-state index in [9.17, 15) is 9.90 Å². The van der Waals surface area contributed by atoms with Gasteiger partial charge >= 0.3 is 0 Å². The number of nitrogens with one attached hydrogen (secondary N) is 1. The summed E-state index contributed by atoms with van der Waals surface area (Å²) < 4.78 is 0. The lowest BCUT2D eigenvalue weighted by molar-refractivity contribution is -0.123. The Bertz CT molecular complexity index is 566. The van der Waals surface area contributed by atoms with Gasteiger partial charge in [-0.15, -0.1) is 22.7 Å². The zero-order valence-electron chi connectivity index (χ0n) is 12.3. The minimum absolute atomic E-state index is 0.0384. The Morgan fingerprint density at radius 2 is 2.14 bits per heavy atom. The highest BCUT2D eigenvalue weighted by Gasteiger charge is 2.27. The summed E-state index contributed by atoms with van der Waals surface area (Å²) in [6.07, 6.45) is 1.68. The van der Waals surface area contributed by atoms with Crippen LogP contribution >= 0.6 is 22.7 Å². The van der Waals surface area contributed by atoms with E-state index in [-0.39, 0.29) is 18.9 Å². The molecule has 0 radical (unpaired) electrons. The number of hydrogen-bond donors (Lipinski definition) is 2. The molecule has 0 saturated heterocycles. The molecule has 4 nitrogen and oxygen atoms in total. The maximum absolute atomic E-state index is 12.1. The van der Waals surface area contributed by atoms with Crippen LogP contribution in [0.1, 0.15) is 32.4 Å². The number of carbonyl (C=O) groups excluding carboxylic acids is 1. The summed E-state index contributed by atoms with van der Waals surface area (Å²) in [5, 5.41) is 17.3. The largest absolute Gasteiger partial charge is 0.394 e. The van der Waals surface area contributed by atoms with Crippen LogP contribution in [0.3, 0.4) is 0 Å². The fourth-order valence-electron chi connectivity index (χ4n) is 2.10. The molecule has 114 valence electrons. The Balaban J connectivity index is 2.00. The third kappa shape index (κ3) is 3.90. The first-order valence-corrected chi connectivity index (χ1v) is 8.78. The summed E-state index contributed by atoms with van der Waals surface area (Å²) >= 11 is 3.20. The maximum Gasteiger partial charge on any atom is 0.226 e. The number of thiazole rings is 1. The third-order valence-corrected chi connectivity index (χ3v) is 5.62. The predicted molar refractivity (Wildman–Crippen MR) is 87.7 cm³/mol. The van der Waals surface area contributed by atoms with Crippen molar-refractivity contribution in [3.8, 4) is 9.88 Å². The van der Waals surface area contributed by atoms with Gasteiger partial charge in [0.05, 0.1) is 29.1 Å². The van der Waals surface area contributed by atoms with Gasteiger partial charge in [-0.05, 0) is 24.3 Å². The van der Waals surface area contributed by atoms with Crippen LogP contribution in [0.25, 0.3) is 9.88 Å². The first-order chi connectivity index (χ1) is 10.1. The summed E-state index contributed by atoms with van der Waals surface area (Å²) in [5.41, 5.74) is 0.267. The first kappa shape index (κ1) is 16.1. The molecular weight excluding hydrogens is 304 g/mol. The standard InChI is InChI=1S/C15H20N2O2S2/c1-3-15(4-2,10-18)17-13(19)8-11-9-21-14(16-11)12-6-5-7-20-12/h5-7,9,18H,3-4,8,10H2,1-2H3,(H,17,19). The van der Waals surface area contributed by atoms with E-state index < -0.39 is 5.54 Å². The van der Waals surface area contributed by atoms with Crippen LogP contribution in [0, 0.1) is 0 Å². The molecule has 0 aliphatic heterocycles. The van der Waals surface area contributed by atoms with Gasteiger partial charge in [0.25, 0.3) is 0 Å². The van der Waals surface area contributed by atoms with E-state index in [1.54, 1.807) is 22.7 Å². The average Bonchev–Trinajstić information content (AvgIpc) is 3.15. The van der Waals surface area contributed by atoms with E-state index in [0.717, 1.165) is 15.6 Å². The summed E-state index contributed by atoms with van der Waals surface area (Å²) in [6.45, 7) is 3.90. The molecule has 21 heavy (non-hydrogen) atoms. The molecule has 2 aromatic heterocycles. The molecule has 0 spiro atoms. The van der Waals surface area contributed by atoms with Gasteiger partial charge in [-0.3, -0.25) is 4.79 Å². The van der Waals surface area contributed by atoms with E-state index in [4.69, 9.17) is 0 Å². The van der Waals surface area contributed by atoms with Crippen molar-refractivity contribution in [2.75, 3.05) is 6.61 Å². The molecule has 0 fully saturated rings. The molecule has 6 heteroatoms. The molecule has 0 saturated carbocycles. The summed E-state index contributed by atoms with van der Waals surface area (Å²) in [6, 6.07) is 4.02. The van der Waals surface area contributed by atoms with Crippen LogP contribution in [-0.2, 0) is 11.2 Å². The summed E-state index contributed by atoms with van der Waals surface area (Å²) in [5.74, 6) is -0.0872. The predicted octanol–water partition coefficient (Wildman–Crippen LogP) is 3.08. The number of hydrogen-bond acceptors (Lipinski definition) is 5. The van der Waals surface area contributed by atoms with Gasteiger partial charge in [0.2, 0.25) is 5.91 Å². The van der Waals surface area contributed by atoms with Gasteiger partial charge in [0.15, 0.2) is 0 Å². The number of rotatable bonds is 7. The lowest BCUT2D eigenvalue weighted by atomic mass is 9.93. The number of aliphatic hydroxyl groups is 1. The number of carbonyl (C=O) groups is 1. The van der Waals surface area contributed by atoms with Crippen molar-refractivity contribution in [1.82, 2.24) is 10.3 Å². The molecule has 0 atom stereocenters. The Hall–Kier alpha value is -1.24. The van der Waals surface area contributed by atoms with Crippen molar-refractivity contribution in [2.24, 2.45) is 0 Å². The van der Waals surface area contributed by atoms with Gasteiger partial charge in [-0.25, -0.2) is 4.98 Å². The monoisotopic (exact) mass is 324 g/mol. The topological polar surface area (TPSA) is 62.2 Å². The van der Waals surface area contributed by atoms with Crippen molar-refractivity contribution in [2.45, 2.75) is 38.6 Å². The highest BCUT2D eigenvalue weighted by molar-refractivity contribution is 7.20. The highest BCUT2D eigenvalue weighted by Crippen LogP contribution is 2.28. The zero-order valence-corrected chi connectivity index (χ0v) is 13.9. The number of aromatic nitrogens is 1. The van der Waals surface area contributed by atoms with E-state index >= 15 is 0 Å². The Morgan fingerprint density at radius 1 is 1.38 bits per heavy atom. The smallest absolute Gasteiger partial charge is 0.226 e. The van der Waals surface area contributed by atoms with Crippen molar-refractivity contribution in [3.63, 3.8) is 0 Å². The SMILES string of the molecule is CCC(CC)(CO)NC(=O)Cc1csc(-c2cccs2)n1. The van der Waals surface area contributed by atoms with Crippen molar-refractivity contribution >= 4 is 28.6 Å². The molecule has 0 unspecified atom stereocenters. The Kier molecular flexibility index (Phi) is 5.50. The van der Waals surface area contributed by atoms with Gasteiger partial charge in [-0.1, -0.05) is 19.9 Å². The second-order valence-electron chi connectivity index (χ2n) is 4.99. The van der Waals surface area contributed by atoms with Crippen LogP contribution in [0.4, 0.5) is 0 Å². The lowest BCUT2D eigenvalue weighted by Crippen LogP contribution is -2.51. The van der Waals surface area contributed by atoms with Gasteiger partial charge in [0.1, 0.15) is 5.01 Å². The third-order valence-electron chi connectivity index (χ3n) is 3.69. The number of thiophene rings is 1. The number of nitrogens with zero attached hydrogens (tertiary/aromatic N) is 1. The van der Waals surface area contributed by atoms with E-state index in [0.29, 0.717) is 12.8 Å². The second-order valence-corrected chi connectivity index (χ2v) is 6.80. The average molecular weight is 324 g/mol. The molecule has 2 heterocycles. The molecular formula is C15H20N2O2S2. The molecule has 0 bridgehead atoms. The highest BCUT2D eigenvalue weighted by atomic mass is 32.1. The maximum atomic E-state index is 12.1. The van der Waals surface area contributed by atoms with Crippen LogP contribution in [-0.4, -0.2) is 28.1 Å². The summed E-state index contributed by atoms with van der Waals surface area (Å²) in [4.78, 5) is 17.8. The molecule has 1 amide bonds. The minimum Gasteiger partial charge on any atom is -0.394 e. The number of amides is 1.